The molecule has 2 aromatic carbocycles. The number of fused-ring (bicyclic) bond motifs is 1. The third-order valence-corrected chi connectivity index (χ3v) is 5.54. The quantitative estimate of drug-likeness (QED) is 0.665. The van der Waals surface area contributed by atoms with E-state index >= 15 is 0 Å². The minimum absolute atomic E-state index is 0.000944. The molecule has 2 aliphatic rings. The maximum atomic E-state index is 13.0. The van der Waals surface area contributed by atoms with Crippen LogP contribution in [-0.2, 0) is 11.2 Å². The molecular weight excluding hydrogens is 399 g/mol. The standard InChI is InChI=1S/C24H29FN2O4/c25-19-4-6-21(7-5-19)29-12-9-24(28)26-20(17-27-10-1-2-11-27)15-18-3-8-22-23(16-18)31-14-13-30-22/h3-8,16,20H,1-2,9-15,17H2,(H,26,28). The van der Waals surface area contributed by atoms with Gasteiger partial charge in [0.25, 0.3) is 0 Å². The zero-order valence-corrected chi connectivity index (χ0v) is 17.6. The molecule has 7 heteroatoms. The van der Waals surface area contributed by atoms with E-state index in [0.29, 0.717) is 19.0 Å². The molecule has 2 heterocycles. The van der Waals surface area contributed by atoms with Crippen molar-refractivity contribution < 1.29 is 23.4 Å². The van der Waals surface area contributed by atoms with E-state index in [1.54, 1.807) is 12.1 Å². The summed E-state index contributed by atoms with van der Waals surface area (Å²) in [6.45, 7) is 4.33. The van der Waals surface area contributed by atoms with E-state index in [2.05, 4.69) is 10.2 Å². The number of hydrogen-bond donors (Lipinski definition) is 1. The van der Waals surface area contributed by atoms with Gasteiger partial charge in [0, 0.05) is 12.6 Å². The zero-order valence-electron chi connectivity index (χ0n) is 17.6. The highest BCUT2D eigenvalue weighted by molar-refractivity contribution is 5.76. The first-order valence-electron chi connectivity index (χ1n) is 10.9. The van der Waals surface area contributed by atoms with E-state index in [9.17, 15) is 9.18 Å². The molecule has 4 rings (SSSR count). The van der Waals surface area contributed by atoms with Crippen LogP contribution in [-0.4, -0.2) is 56.3 Å². The molecule has 0 spiro atoms. The lowest BCUT2D eigenvalue weighted by Gasteiger charge is -2.25. The molecule has 0 bridgehead atoms. The largest absolute Gasteiger partial charge is 0.493 e. The highest BCUT2D eigenvalue weighted by atomic mass is 19.1. The van der Waals surface area contributed by atoms with Crippen molar-refractivity contribution in [2.45, 2.75) is 31.7 Å². The van der Waals surface area contributed by atoms with Crippen LogP contribution < -0.4 is 19.5 Å². The summed E-state index contributed by atoms with van der Waals surface area (Å²) in [7, 11) is 0. The number of benzene rings is 2. The first kappa shape index (κ1) is 21.4. The van der Waals surface area contributed by atoms with Crippen molar-refractivity contribution in [3.63, 3.8) is 0 Å². The molecule has 0 aliphatic carbocycles. The summed E-state index contributed by atoms with van der Waals surface area (Å²) in [4.78, 5) is 15.0. The summed E-state index contributed by atoms with van der Waals surface area (Å²) in [5, 5.41) is 3.18. The van der Waals surface area contributed by atoms with Gasteiger partial charge in [0.05, 0.1) is 13.0 Å². The number of hydrogen-bond acceptors (Lipinski definition) is 5. The third kappa shape index (κ3) is 6.34. The minimum Gasteiger partial charge on any atom is -0.493 e. The molecule has 1 fully saturated rings. The van der Waals surface area contributed by atoms with Gasteiger partial charge < -0.3 is 24.4 Å². The van der Waals surface area contributed by atoms with Crippen LogP contribution in [0.5, 0.6) is 17.2 Å². The molecule has 0 aromatic heterocycles. The minimum atomic E-state index is -0.311. The lowest BCUT2D eigenvalue weighted by molar-refractivity contribution is -0.122. The number of ether oxygens (including phenoxy) is 3. The van der Waals surface area contributed by atoms with Crippen molar-refractivity contribution in [2.24, 2.45) is 0 Å². The van der Waals surface area contributed by atoms with Gasteiger partial charge in [-0.05, 0) is 74.3 Å². The van der Waals surface area contributed by atoms with Crippen LogP contribution in [0.1, 0.15) is 24.8 Å². The SMILES string of the molecule is O=C(CCOc1ccc(F)cc1)NC(Cc1ccc2c(c1)OCCO2)CN1CCCC1. The maximum Gasteiger partial charge on any atom is 0.223 e. The molecular formula is C24H29FN2O4. The predicted octanol–water partition coefficient (Wildman–Crippen LogP) is 3.19. The molecule has 1 atom stereocenters. The van der Waals surface area contributed by atoms with Gasteiger partial charge in [-0.25, -0.2) is 4.39 Å². The lowest BCUT2D eigenvalue weighted by Crippen LogP contribution is -2.44. The summed E-state index contributed by atoms with van der Waals surface area (Å²) >= 11 is 0. The predicted molar refractivity (Wildman–Crippen MR) is 115 cm³/mol. The molecule has 1 unspecified atom stereocenters. The Bertz CT molecular complexity index is 868. The molecule has 1 N–H and O–H groups in total. The summed E-state index contributed by atoms with van der Waals surface area (Å²) in [6.07, 6.45) is 3.37. The fraction of sp³-hybridized carbons (Fsp3) is 0.458. The molecule has 31 heavy (non-hydrogen) atoms. The average molecular weight is 429 g/mol. The number of carbonyl (C=O) groups is 1. The van der Waals surface area contributed by atoms with Gasteiger partial charge in [0.1, 0.15) is 24.8 Å². The van der Waals surface area contributed by atoms with Gasteiger partial charge in [-0.2, -0.15) is 0 Å². The molecule has 1 amide bonds. The van der Waals surface area contributed by atoms with Gasteiger partial charge >= 0.3 is 0 Å². The smallest absolute Gasteiger partial charge is 0.223 e. The Morgan fingerprint density at radius 2 is 1.81 bits per heavy atom. The number of rotatable bonds is 9. The molecule has 166 valence electrons. The lowest BCUT2D eigenvalue weighted by atomic mass is 10.0. The normalized spacial score (nSPS) is 16.7. The van der Waals surface area contributed by atoms with Crippen LogP contribution in [0.4, 0.5) is 4.39 Å². The van der Waals surface area contributed by atoms with Crippen LogP contribution in [0.15, 0.2) is 42.5 Å². The van der Waals surface area contributed by atoms with Crippen LogP contribution in [0.25, 0.3) is 0 Å². The van der Waals surface area contributed by atoms with Gasteiger partial charge in [0.2, 0.25) is 5.91 Å². The number of nitrogens with one attached hydrogen (secondary N) is 1. The second-order valence-electron chi connectivity index (χ2n) is 8.01. The molecule has 1 saturated heterocycles. The Labute approximate surface area is 182 Å². The first-order valence-corrected chi connectivity index (χ1v) is 10.9. The summed E-state index contributed by atoms with van der Waals surface area (Å²) in [5.41, 5.74) is 1.11. The second kappa shape index (κ2) is 10.5. The van der Waals surface area contributed by atoms with Crippen LogP contribution in [0, 0.1) is 5.82 Å². The van der Waals surface area contributed by atoms with E-state index in [1.807, 2.05) is 18.2 Å². The van der Waals surface area contributed by atoms with Crippen molar-refractivity contribution >= 4 is 5.91 Å². The number of likely N-dealkylation sites (tertiary alicyclic amines) is 1. The van der Waals surface area contributed by atoms with Gasteiger partial charge in [0.15, 0.2) is 11.5 Å². The van der Waals surface area contributed by atoms with E-state index in [-0.39, 0.29) is 30.8 Å². The van der Waals surface area contributed by atoms with Gasteiger partial charge in [-0.3, -0.25) is 4.79 Å². The molecule has 0 saturated carbocycles. The van der Waals surface area contributed by atoms with E-state index in [1.165, 1.54) is 25.0 Å². The number of amides is 1. The van der Waals surface area contributed by atoms with Crippen molar-refractivity contribution in [2.75, 3.05) is 39.5 Å². The molecule has 6 nitrogen and oxygen atoms in total. The Morgan fingerprint density at radius 1 is 1.06 bits per heavy atom. The summed E-state index contributed by atoms with van der Waals surface area (Å²) in [5.74, 6) is 1.73. The fourth-order valence-corrected chi connectivity index (χ4v) is 4.03. The van der Waals surface area contributed by atoms with Crippen molar-refractivity contribution in [1.82, 2.24) is 10.2 Å². The van der Waals surface area contributed by atoms with Crippen LogP contribution >= 0.6 is 0 Å². The van der Waals surface area contributed by atoms with Crippen LogP contribution in [0.3, 0.4) is 0 Å². The van der Waals surface area contributed by atoms with Gasteiger partial charge in [-0.15, -0.1) is 0 Å². The van der Waals surface area contributed by atoms with Gasteiger partial charge in [-0.1, -0.05) is 6.07 Å². The summed E-state index contributed by atoms with van der Waals surface area (Å²) < 4.78 is 29.8. The fourth-order valence-electron chi connectivity index (χ4n) is 4.03. The summed E-state index contributed by atoms with van der Waals surface area (Å²) in [6, 6.07) is 11.8. The Kier molecular flexibility index (Phi) is 7.25. The molecule has 2 aromatic rings. The first-order chi connectivity index (χ1) is 15.2. The average Bonchev–Trinajstić information content (AvgIpc) is 3.28. The van der Waals surface area contributed by atoms with E-state index in [4.69, 9.17) is 14.2 Å². The topological polar surface area (TPSA) is 60.0 Å². The third-order valence-electron chi connectivity index (χ3n) is 5.54. The second-order valence-corrected chi connectivity index (χ2v) is 8.01. The number of carbonyl (C=O) groups excluding carboxylic acids is 1. The van der Waals surface area contributed by atoms with Crippen molar-refractivity contribution in [3.8, 4) is 17.2 Å². The maximum absolute atomic E-state index is 13.0. The Morgan fingerprint density at radius 3 is 2.58 bits per heavy atom. The van der Waals surface area contributed by atoms with Crippen molar-refractivity contribution in [3.05, 3.63) is 53.8 Å². The molecule has 0 radical (unpaired) electrons. The zero-order chi connectivity index (χ0) is 21.5. The highest BCUT2D eigenvalue weighted by Gasteiger charge is 2.21. The number of nitrogens with zero attached hydrogens (tertiary/aromatic N) is 1. The van der Waals surface area contributed by atoms with Crippen molar-refractivity contribution in [1.29, 1.82) is 0 Å². The highest BCUT2D eigenvalue weighted by Crippen LogP contribution is 2.31. The Balaban J connectivity index is 1.32. The van der Waals surface area contributed by atoms with E-state index < -0.39 is 0 Å². The van der Waals surface area contributed by atoms with E-state index in [0.717, 1.165) is 43.1 Å². The Hall–Kier alpha value is -2.80. The number of halogens is 1. The molecule has 2 aliphatic heterocycles. The monoisotopic (exact) mass is 428 g/mol. The van der Waals surface area contributed by atoms with Crippen LogP contribution in [0.2, 0.25) is 0 Å².